The highest BCUT2D eigenvalue weighted by atomic mass is 16.6. The van der Waals surface area contributed by atoms with Gasteiger partial charge < -0.3 is 14.2 Å². The highest BCUT2D eigenvalue weighted by Crippen LogP contribution is 2.15. The summed E-state index contributed by atoms with van der Waals surface area (Å²) < 4.78 is 16.8. The second-order valence-electron chi connectivity index (χ2n) is 17.4. The Kier molecular flexibility index (Phi) is 47.9. The van der Waals surface area contributed by atoms with Crippen LogP contribution < -0.4 is 0 Å². The minimum Gasteiger partial charge on any atom is -0.462 e. The van der Waals surface area contributed by atoms with Crippen molar-refractivity contribution in [2.24, 2.45) is 0 Å². The third-order valence-electron chi connectivity index (χ3n) is 11.3. The van der Waals surface area contributed by atoms with Crippen LogP contribution in [0.1, 0.15) is 265 Å². The minimum atomic E-state index is -0.783. The third kappa shape index (κ3) is 48.3. The van der Waals surface area contributed by atoms with Crippen molar-refractivity contribution in [3.8, 4) is 0 Å². The molecule has 0 unspecified atom stereocenters. The first-order valence-electron chi connectivity index (χ1n) is 26.1. The lowest BCUT2D eigenvalue weighted by molar-refractivity contribution is -0.167. The van der Waals surface area contributed by atoms with Gasteiger partial charge in [-0.15, -0.1) is 0 Å². The normalized spacial score (nSPS) is 12.4. The maximum Gasteiger partial charge on any atom is 0.306 e. The number of esters is 3. The molecule has 0 aromatic rings. The molecule has 0 saturated heterocycles. The van der Waals surface area contributed by atoms with Gasteiger partial charge in [0, 0.05) is 19.3 Å². The van der Waals surface area contributed by atoms with Gasteiger partial charge in [0.2, 0.25) is 0 Å². The number of carbonyl (C=O) groups is 3. The van der Waals surface area contributed by atoms with E-state index in [0.717, 1.165) is 103 Å². The first-order valence-corrected chi connectivity index (χ1v) is 26.1. The lowest BCUT2D eigenvalue weighted by atomic mass is 10.0. The van der Waals surface area contributed by atoms with Crippen molar-refractivity contribution in [2.75, 3.05) is 13.2 Å². The Labute approximate surface area is 378 Å². The summed E-state index contributed by atoms with van der Waals surface area (Å²) in [6, 6.07) is 0. The molecular formula is C55H98O6. The van der Waals surface area contributed by atoms with Crippen LogP contribution >= 0.6 is 0 Å². The molecule has 61 heavy (non-hydrogen) atoms. The van der Waals surface area contributed by atoms with Gasteiger partial charge in [-0.05, 0) is 83.5 Å². The fourth-order valence-corrected chi connectivity index (χ4v) is 7.33. The molecule has 6 nitrogen and oxygen atoms in total. The highest BCUT2D eigenvalue weighted by Gasteiger charge is 2.19. The fourth-order valence-electron chi connectivity index (χ4n) is 7.33. The van der Waals surface area contributed by atoms with Gasteiger partial charge in [0.15, 0.2) is 6.10 Å². The van der Waals surface area contributed by atoms with Gasteiger partial charge >= 0.3 is 17.9 Å². The molecular weight excluding hydrogens is 757 g/mol. The van der Waals surface area contributed by atoms with Gasteiger partial charge in [0.25, 0.3) is 0 Å². The standard InChI is InChI=1S/C55H98O6/c1-4-7-10-13-16-19-22-25-27-30-33-36-39-42-45-48-54(57)60-51-52(50-59-53(56)47-44-41-38-35-32-29-24-21-18-15-12-9-6-3)61-55(58)49-46-43-40-37-34-31-28-26-23-20-17-14-11-8-5-2/h16-17,19-20,25-28,52H,4-15,18,21-24,29-51H2,1-3H3/t52-/m0/s1. The van der Waals surface area contributed by atoms with E-state index in [9.17, 15) is 14.4 Å². The zero-order valence-corrected chi connectivity index (χ0v) is 40.4. The Morgan fingerprint density at radius 2 is 0.590 bits per heavy atom. The Hall–Kier alpha value is -2.63. The minimum absolute atomic E-state index is 0.0812. The molecule has 0 rings (SSSR count). The third-order valence-corrected chi connectivity index (χ3v) is 11.3. The van der Waals surface area contributed by atoms with Gasteiger partial charge in [-0.2, -0.15) is 0 Å². The molecule has 0 aliphatic heterocycles. The molecule has 6 heteroatoms. The Morgan fingerprint density at radius 3 is 0.934 bits per heavy atom. The van der Waals surface area contributed by atoms with Crippen LogP contribution in [0.4, 0.5) is 0 Å². The van der Waals surface area contributed by atoms with Crippen molar-refractivity contribution >= 4 is 17.9 Å². The van der Waals surface area contributed by atoms with E-state index in [1.54, 1.807) is 0 Å². The lowest BCUT2D eigenvalue weighted by Crippen LogP contribution is -2.30. The first-order chi connectivity index (χ1) is 30.0. The fraction of sp³-hybridized carbons (Fsp3) is 0.800. The summed E-state index contributed by atoms with van der Waals surface area (Å²) in [5.41, 5.74) is 0. The topological polar surface area (TPSA) is 78.9 Å². The van der Waals surface area contributed by atoms with Crippen LogP contribution in [-0.2, 0) is 28.6 Å². The molecule has 0 bridgehead atoms. The number of hydrogen-bond donors (Lipinski definition) is 0. The molecule has 0 saturated carbocycles. The number of rotatable bonds is 47. The van der Waals surface area contributed by atoms with Gasteiger partial charge in [0.05, 0.1) is 0 Å². The molecule has 0 aromatic heterocycles. The summed E-state index contributed by atoms with van der Waals surface area (Å²) in [4.78, 5) is 38.0. The average Bonchev–Trinajstić information content (AvgIpc) is 3.26. The maximum absolute atomic E-state index is 12.8. The zero-order valence-electron chi connectivity index (χ0n) is 40.4. The molecule has 0 heterocycles. The quantitative estimate of drug-likeness (QED) is 0.0263. The summed E-state index contributed by atoms with van der Waals surface area (Å²) in [5.74, 6) is -0.902. The van der Waals surface area contributed by atoms with Crippen molar-refractivity contribution < 1.29 is 28.6 Å². The van der Waals surface area contributed by atoms with E-state index in [1.165, 1.54) is 122 Å². The zero-order chi connectivity index (χ0) is 44.4. The number of allylic oxidation sites excluding steroid dienone is 8. The van der Waals surface area contributed by atoms with Crippen molar-refractivity contribution in [2.45, 2.75) is 271 Å². The Balaban J connectivity index is 4.41. The maximum atomic E-state index is 12.8. The number of hydrogen-bond acceptors (Lipinski definition) is 6. The van der Waals surface area contributed by atoms with Crippen LogP contribution in [0, 0.1) is 0 Å². The van der Waals surface area contributed by atoms with E-state index >= 15 is 0 Å². The van der Waals surface area contributed by atoms with Crippen molar-refractivity contribution in [3.63, 3.8) is 0 Å². The Bertz CT molecular complexity index is 1070. The van der Waals surface area contributed by atoms with E-state index in [1.807, 2.05) is 0 Å². The molecule has 0 aromatic carbocycles. The monoisotopic (exact) mass is 855 g/mol. The second-order valence-corrected chi connectivity index (χ2v) is 17.4. The van der Waals surface area contributed by atoms with E-state index in [4.69, 9.17) is 14.2 Å². The van der Waals surface area contributed by atoms with Crippen molar-refractivity contribution in [1.82, 2.24) is 0 Å². The summed E-state index contributed by atoms with van der Waals surface area (Å²) in [6.07, 6.45) is 59.4. The molecule has 0 N–H and O–H groups in total. The van der Waals surface area contributed by atoms with E-state index in [0.29, 0.717) is 19.3 Å². The van der Waals surface area contributed by atoms with Crippen LogP contribution in [0.2, 0.25) is 0 Å². The summed E-state index contributed by atoms with van der Waals surface area (Å²) in [7, 11) is 0. The number of carbonyl (C=O) groups excluding carboxylic acids is 3. The smallest absolute Gasteiger partial charge is 0.306 e. The first kappa shape index (κ1) is 58.4. The van der Waals surface area contributed by atoms with Gasteiger partial charge in [-0.25, -0.2) is 0 Å². The molecule has 354 valence electrons. The highest BCUT2D eigenvalue weighted by molar-refractivity contribution is 5.71. The SMILES string of the molecule is CCCCCC=CCC=CCCCCCCCC(=O)OC[C@H](COC(=O)CCCCCCCCCCCCCCC)OC(=O)CCCCCCCC=CCC=CCCCCC. The largest absolute Gasteiger partial charge is 0.462 e. The van der Waals surface area contributed by atoms with Crippen molar-refractivity contribution in [1.29, 1.82) is 0 Å². The van der Waals surface area contributed by atoms with Crippen LogP contribution in [0.3, 0.4) is 0 Å². The number of unbranched alkanes of at least 4 members (excludes halogenated alkanes) is 28. The molecule has 0 amide bonds. The average molecular weight is 855 g/mol. The van der Waals surface area contributed by atoms with Crippen LogP contribution in [0.25, 0.3) is 0 Å². The predicted molar refractivity (Wildman–Crippen MR) is 261 cm³/mol. The molecule has 1 atom stereocenters. The summed E-state index contributed by atoms with van der Waals surface area (Å²) >= 11 is 0. The lowest BCUT2D eigenvalue weighted by Gasteiger charge is -2.18. The molecule has 0 fully saturated rings. The second kappa shape index (κ2) is 50.0. The van der Waals surface area contributed by atoms with E-state index in [-0.39, 0.29) is 31.1 Å². The molecule has 0 aliphatic carbocycles. The summed E-state index contributed by atoms with van der Waals surface area (Å²) in [6.45, 7) is 6.57. The predicted octanol–water partition coefficient (Wildman–Crippen LogP) is 17.1. The molecule has 0 spiro atoms. The summed E-state index contributed by atoms with van der Waals surface area (Å²) in [5, 5.41) is 0. The van der Waals surface area contributed by atoms with Crippen LogP contribution in [0.5, 0.6) is 0 Å². The van der Waals surface area contributed by atoms with Gasteiger partial charge in [-0.1, -0.05) is 211 Å². The Morgan fingerprint density at radius 1 is 0.328 bits per heavy atom. The van der Waals surface area contributed by atoms with Gasteiger partial charge in [0.1, 0.15) is 13.2 Å². The van der Waals surface area contributed by atoms with Crippen molar-refractivity contribution in [3.05, 3.63) is 48.6 Å². The van der Waals surface area contributed by atoms with Crippen LogP contribution in [0.15, 0.2) is 48.6 Å². The van der Waals surface area contributed by atoms with E-state index < -0.39 is 6.10 Å². The van der Waals surface area contributed by atoms with E-state index in [2.05, 4.69) is 69.4 Å². The molecule has 0 aliphatic rings. The van der Waals surface area contributed by atoms with Gasteiger partial charge in [-0.3, -0.25) is 14.4 Å². The number of ether oxygens (including phenoxy) is 3. The molecule has 0 radical (unpaired) electrons. The van der Waals surface area contributed by atoms with Crippen LogP contribution in [-0.4, -0.2) is 37.2 Å².